The Morgan fingerprint density at radius 1 is 1.14 bits per heavy atom. The lowest BCUT2D eigenvalue weighted by Gasteiger charge is -2.18. The molecule has 116 valence electrons. The van der Waals surface area contributed by atoms with Gasteiger partial charge in [0.2, 0.25) is 5.91 Å². The van der Waals surface area contributed by atoms with Crippen LogP contribution >= 0.6 is 0 Å². The van der Waals surface area contributed by atoms with Crippen molar-refractivity contribution in [3.8, 4) is 0 Å². The molecule has 1 atom stereocenters. The van der Waals surface area contributed by atoms with Gasteiger partial charge in [-0.2, -0.15) is 0 Å². The maximum Gasteiger partial charge on any atom is 0.234 e. The van der Waals surface area contributed by atoms with E-state index in [-0.39, 0.29) is 5.91 Å². The topological polar surface area (TPSA) is 41.1 Å². The molecule has 1 aliphatic carbocycles. The molecule has 3 heteroatoms. The van der Waals surface area contributed by atoms with E-state index in [2.05, 4.69) is 41.8 Å². The predicted octanol–water partition coefficient (Wildman–Crippen LogP) is 3.05. The van der Waals surface area contributed by atoms with Gasteiger partial charge < -0.3 is 10.6 Å². The van der Waals surface area contributed by atoms with Crippen molar-refractivity contribution < 1.29 is 4.79 Å². The Bertz CT molecular complexity index is 410. The third kappa shape index (κ3) is 6.30. The highest BCUT2D eigenvalue weighted by Crippen LogP contribution is 2.16. The molecule has 1 aromatic rings. The fourth-order valence-electron chi connectivity index (χ4n) is 3.01. The molecule has 0 aliphatic heterocycles. The molecule has 0 spiro atoms. The molecule has 2 rings (SSSR count). The molecule has 1 saturated carbocycles. The summed E-state index contributed by atoms with van der Waals surface area (Å²) in [6, 6.07) is 11.1. The molecule has 0 saturated heterocycles. The van der Waals surface area contributed by atoms with Crippen molar-refractivity contribution in [1.29, 1.82) is 0 Å². The highest BCUT2D eigenvalue weighted by molar-refractivity contribution is 5.78. The zero-order valence-electron chi connectivity index (χ0n) is 13.1. The van der Waals surface area contributed by atoms with Gasteiger partial charge >= 0.3 is 0 Å². The van der Waals surface area contributed by atoms with Crippen LogP contribution in [0.2, 0.25) is 0 Å². The Morgan fingerprint density at radius 3 is 2.48 bits per heavy atom. The quantitative estimate of drug-likeness (QED) is 0.790. The van der Waals surface area contributed by atoms with Gasteiger partial charge in [-0.3, -0.25) is 4.79 Å². The minimum atomic E-state index is 0.141. The summed E-state index contributed by atoms with van der Waals surface area (Å²) in [5, 5.41) is 6.50. The van der Waals surface area contributed by atoms with E-state index in [1.807, 2.05) is 6.07 Å². The molecule has 0 radical (unpaired) electrons. The summed E-state index contributed by atoms with van der Waals surface area (Å²) in [4.78, 5) is 12.0. The molecular formula is C18H28N2O. The van der Waals surface area contributed by atoms with E-state index in [1.165, 1.54) is 31.2 Å². The molecule has 0 aromatic heterocycles. The van der Waals surface area contributed by atoms with E-state index in [9.17, 15) is 4.79 Å². The molecule has 0 bridgehead atoms. The number of rotatable bonds is 6. The second-order valence-corrected chi connectivity index (χ2v) is 6.23. The van der Waals surface area contributed by atoms with Gasteiger partial charge in [0.05, 0.1) is 6.54 Å². The zero-order valence-corrected chi connectivity index (χ0v) is 13.1. The first-order chi connectivity index (χ1) is 10.2. The molecule has 1 fully saturated rings. The van der Waals surface area contributed by atoms with Crippen LogP contribution in [0, 0.1) is 0 Å². The van der Waals surface area contributed by atoms with Crippen molar-refractivity contribution >= 4 is 5.91 Å². The van der Waals surface area contributed by atoms with Gasteiger partial charge in [0.15, 0.2) is 0 Å². The summed E-state index contributed by atoms with van der Waals surface area (Å²) < 4.78 is 0. The normalized spacial score (nSPS) is 18.0. The van der Waals surface area contributed by atoms with Gasteiger partial charge in [-0.05, 0) is 31.7 Å². The number of carbonyl (C=O) groups excluding carboxylic acids is 1. The Balaban J connectivity index is 1.66. The summed E-state index contributed by atoms with van der Waals surface area (Å²) in [5.74, 6) is 0.141. The molecule has 1 aliphatic rings. The summed E-state index contributed by atoms with van der Waals surface area (Å²) in [5.41, 5.74) is 1.31. The first-order valence-electron chi connectivity index (χ1n) is 8.30. The molecule has 1 amide bonds. The van der Waals surface area contributed by atoms with E-state index < -0.39 is 0 Å². The van der Waals surface area contributed by atoms with E-state index in [0.717, 1.165) is 19.3 Å². The van der Waals surface area contributed by atoms with Gasteiger partial charge in [-0.25, -0.2) is 0 Å². The molecule has 1 unspecified atom stereocenters. The van der Waals surface area contributed by atoms with E-state index in [4.69, 9.17) is 0 Å². The first kappa shape index (κ1) is 16.0. The highest BCUT2D eigenvalue weighted by Gasteiger charge is 2.14. The third-order valence-electron chi connectivity index (χ3n) is 4.22. The fraction of sp³-hybridized carbons (Fsp3) is 0.611. The van der Waals surface area contributed by atoms with Gasteiger partial charge in [0, 0.05) is 12.1 Å². The van der Waals surface area contributed by atoms with Gasteiger partial charge in [-0.1, -0.05) is 56.0 Å². The maximum atomic E-state index is 12.0. The van der Waals surface area contributed by atoms with Crippen LogP contribution in [0.5, 0.6) is 0 Å². The van der Waals surface area contributed by atoms with Crippen molar-refractivity contribution in [1.82, 2.24) is 10.6 Å². The Morgan fingerprint density at radius 2 is 1.81 bits per heavy atom. The van der Waals surface area contributed by atoms with Crippen LogP contribution in [0.15, 0.2) is 30.3 Å². The minimum Gasteiger partial charge on any atom is -0.352 e. The molecule has 2 N–H and O–H groups in total. The van der Waals surface area contributed by atoms with Crippen LogP contribution in [-0.2, 0) is 11.2 Å². The summed E-state index contributed by atoms with van der Waals surface area (Å²) in [6.07, 6.45) is 8.39. The SMILES string of the molecule is CC(Cc1ccccc1)NCC(=O)NC1CCCCCC1. The maximum absolute atomic E-state index is 12.0. The van der Waals surface area contributed by atoms with Gasteiger partial charge in [0.1, 0.15) is 0 Å². The van der Waals surface area contributed by atoms with Crippen LogP contribution in [0.4, 0.5) is 0 Å². The summed E-state index contributed by atoms with van der Waals surface area (Å²) in [6.45, 7) is 2.55. The Kier molecular flexibility index (Phi) is 6.74. The Labute approximate surface area is 128 Å². The summed E-state index contributed by atoms with van der Waals surface area (Å²) in [7, 11) is 0. The molecule has 3 nitrogen and oxygen atoms in total. The lowest BCUT2D eigenvalue weighted by Crippen LogP contribution is -2.42. The number of hydrogen-bond donors (Lipinski definition) is 2. The second-order valence-electron chi connectivity index (χ2n) is 6.23. The summed E-state index contributed by atoms with van der Waals surface area (Å²) >= 11 is 0. The van der Waals surface area contributed by atoms with Crippen molar-refractivity contribution in [3.05, 3.63) is 35.9 Å². The van der Waals surface area contributed by atoms with Gasteiger partial charge in [-0.15, -0.1) is 0 Å². The van der Waals surface area contributed by atoms with E-state index >= 15 is 0 Å². The minimum absolute atomic E-state index is 0.141. The third-order valence-corrected chi connectivity index (χ3v) is 4.22. The molecule has 1 aromatic carbocycles. The average Bonchev–Trinajstić information content (AvgIpc) is 2.75. The van der Waals surface area contributed by atoms with Crippen molar-refractivity contribution in [3.63, 3.8) is 0 Å². The molecule has 21 heavy (non-hydrogen) atoms. The van der Waals surface area contributed by atoms with Crippen molar-refractivity contribution in [2.24, 2.45) is 0 Å². The fourth-order valence-corrected chi connectivity index (χ4v) is 3.01. The lowest BCUT2D eigenvalue weighted by atomic mass is 10.1. The number of amides is 1. The smallest absolute Gasteiger partial charge is 0.234 e. The average molecular weight is 288 g/mol. The monoisotopic (exact) mass is 288 g/mol. The number of carbonyl (C=O) groups is 1. The molecular weight excluding hydrogens is 260 g/mol. The van der Waals surface area contributed by atoms with Crippen LogP contribution < -0.4 is 10.6 Å². The van der Waals surface area contributed by atoms with Crippen LogP contribution in [0.3, 0.4) is 0 Å². The number of benzene rings is 1. The van der Waals surface area contributed by atoms with Crippen LogP contribution in [0.1, 0.15) is 51.0 Å². The predicted molar refractivity (Wildman–Crippen MR) is 87.2 cm³/mol. The van der Waals surface area contributed by atoms with Crippen LogP contribution in [-0.4, -0.2) is 24.5 Å². The van der Waals surface area contributed by atoms with Crippen molar-refractivity contribution in [2.75, 3.05) is 6.54 Å². The van der Waals surface area contributed by atoms with E-state index in [1.54, 1.807) is 0 Å². The zero-order chi connectivity index (χ0) is 14.9. The van der Waals surface area contributed by atoms with Crippen LogP contribution in [0.25, 0.3) is 0 Å². The first-order valence-corrected chi connectivity index (χ1v) is 8.30. The Hall–Kier alpha value is -1.35. The molecule has 0 heterocycles. The standard InChI is InChI=1S/C18H28N2O/c1-15(13-16-9-5-4-6-10-16)19-14-18(21)20-17-11-7-2-3-8-12-17/h4-6,9-10,15,17,19H,2-3,7-8,11-14H2,1H3,(H,20,21). The van der Waals surface area contributed by atoms with Gasteiger partial charge in [0.25, 0.3) is 0 Å². The second kappa shape index (κ2) is 8.83. The largest absolute Gasteiger partial charge is 0.352 e. The van der Waals surface area contributed by atoms with Crippen molar-refractivity contribution in [2.45, 2.75) is 64.0 Å². The number of hydrogen-bond acceptors (Lipinski definition) is 2. The highest BCUT2D eigenvalue weighted by atomic mass is 16.1. The lowest BCUT2D eigenvalue weighted by molar-refractivity contribution is -0.121. The van der Waals surface area contributed by atoms with E-state index in [0.29, 0.717) is 18.6 Å². The number of nitrogens with one attached hydrogen (secondary N) is 2.